The molecule has 2 aromatic carbocycles. The van der Waals surface area contributed by atoms with Crippen LogP contribution in [0.1, 0.15) is 52.5 Å². The Morgan fingerprint density at radius 3 is 2.61 bits per heavy atom. The van der Waals surface area contributed by atoms with Crippen molar-refractivity contribution in [2.24, 2.45) is 5.92 Å². The van der Waals surface area contributed by atoms with Crippen LogP contribution in [0.2, 0.25) is 0 Å². The normalized spacial score (nSPS) is 18.0. The average Bonchev–Trinajstić information content (AvgIpc) is 3.47. The van der Waals surface area contributed by atoms with E-state index in [-0.39, 0.29) is 29.5 Å². The van der Waals surface area contributed by atoms with Crippen molar-refractivity contribution in [3.8, 4) is 0 Å². The predicted molar refractivity (Wildman–Crippen MR) is 120 cm³/mol. The van der Waals surface area contributed by atoms with Crippen molar-refractivity contribution in [1.29, 1.82) is 0 Å². The molecule has 1 atom stereocenters. The van der Waals surface area contributed by atoms with Crippen LogP contribution in [0.25, 0.3) is 0 Å². The molecule has 1 saturated carbocycles. The summed E-state index contributed by atoms with van der Waals surface area (Å²) in [6.07, 6.45) is 2.40. The van der Waals surface area contributed by atoms with E-state index in [0.29, 0.717) is 38.3 Å². The quantitative estimate of drug-likeness (QED) is 0.575. The van der Waals surface area contributed by atoms with Gasteiger partial charge in [-0.15, -0.1) is 5.10 Å². The first-order valence-corrected chi connectivity index (χ1v) is 11.3. The number of rotatable bonds is 8. The smallest absolute Gasteiger partial charge is 0.273 e. The van der Waals surface area contributed by atoms with Crippen LogP contribution in [0, 0.1) is 11.7 Å². The maximum Gasteiger partial charge on any atom is 0.273 e. The summed E-state index contributed by atoms with van der Waals surface area (Å²) in [7, 11) is 0. The molecule has 33 heavy (non-hydrogen) atoms. The molecule has 5 rings (SSSR count). The zero-order valence-corrected chi connectivity index (χ0v) is 18.3. The van der Waals surface area contributed by atoms with Crippen molar-refractivity contribution in [3.63, 3.8) is 0 Å². The molecule has 1 N–H and O–H groups in total. The first-order valence-electron chi connectivity index (χ1n) is 11.3. The minimum Gasteiger partial charge on any atom is -0.350 e. The standard InChI is InChI=1S/C25H26FN5O2/c26-21-8-4-7-18(11-21)16-31-24(20-9-10-20)23(28-29-31)25(33)27-13-19-12-22(32)30(15-19)14-17-5-2-1-3-6-17/h1-8,11,19-20H,9-10,12-16H2,(H,27,33). The van der Waals surface area contributed by atoms with Crippen LogP contribution in [0.5, 0.6) is 0 Å². The van der Waals surface area contributed by atoms with E-state index in [1.807, 2.05) is 41.3 Å². The van der Waals surface area contributed by atoms with E-state index in [4.69, 9.17) is 0 Å². The highest BCUT2D eigenvalue weighted by Gasteiger charge is 2.35. The highest BCUT2D eigenvalue weighted by molar-refractivity contribution is 5.93. The molecule has 3 aromatic rings. The number of aromatic nitrogens is 3. The molecule has 2 amide bonds. The van der Waals surface area contributed by atoms with E-state index in [9.17, 15) is 14.0 Å². The molecule has 2 heterocycles. The summed E-state index contributed by atoms with van der Waals surface area (Å²) < 4.78 is 15.3. The van der Waals surface area contributed by atoms with Gasteiger partial charge < -0.3 is 10.2 Å². The van der Waals surface area contributed by atoms with Gasteiger partial charge in [-0.25, -0.2) is 9.07 Å². The third-order valence-electron chi connectivity index (χ3n) is 6.24. The van der Waals surface area contributed by atoms with Gasteiger partial charge >= 0.3 is 0 Å². The molecular formula is C25H26FN5O2. The van der Waals surface area contributed by atoms with Gasteiger partial charge in [0.05, 0.1) is 12.2 Å². The van der Waals surface area contributed by atoms with E-state index in [2.05, 4.69) is 15.6 Å². The van der Waals surface area contributed by atoms with Gasteiger partial charge in [-0.05, 0) is 36.1 Å². The van der Waals surface area contributed by atoms with Gasteiger partial charge in [-0.2, -0.15) is 0 Å². The topological polar surface area (TPSA) is 80.1 Å². The van der Waals surface area contributed by atoms with Gasteiger partial charge in [-0.1, -0.05) is 47.7 Å². The molecule has 1 aliphatic heterocycles. The second kappa shape index (κ2) is 9.13. The Kier molecular flexibility index (Phi) is 5.90. The van der Waals surface area contributed by atoms with Crippen molar-refractivity contribution in [1.82, 2.24) is 25.2 Å². The Labute approximate surface area is 191 Å². The second-order valence-electron chi connectivity index (χ2n) is 8.93. The first-order chi connectivity index (χ1) is 16.1. The maximum absolute atomic E-state index is 13.6. The van der Waals surface area contributed by atoms with Crippen molar-refractivity contribution < 1.29 is 14.0 Å². The molecule has 8 heteroatoms. The van der Waals surface area contributed by atoms with E-state index < -0.39 is 0 Å². The molecule has 0 bridgehead atoms. The van der Waals surface area contributed by atoms with Gasteiger partial charge in [0.25, 0.3) is 5.91 Å². The summed E-state index contributed by atoms with van der Waals surface area (Å²) in [5.41, 5.74) is 3.01. The van der Waals surface area contributed by atoms with Crippen molar-refractivity contribution >= 4 is 11.8 Å². The maximum atomic E-state index is 13.6. The third kappa shape index (κ3) is 4.94. The minimum atomic E-state index is -0.300. The Bertz CT molecular complexity index is 1160. The van der Waals surface area contributed by atoms with Crippen LogP contribution in [0.15, 0.2) is 54.6 Å². The summed E-state index contributed by atoms with van der Waals surface area (Å²) >= 11 is 0. The molecule has 1 saturated heterocycles. The summed E-state index contributed by atoms with van der Waals surface area (Å²) in [6.45, 7) is 1.99. The molecular weight excluding hydrogens is 421 g/mol. The fourth-order valence-corrected chi connectivity index (χ4v) is 4.44. The number of carbonyl (C=O) groups is 2. The van der Waals surface area contributed by atoms with E-state index in [1.54, 1.807) is 10.7 Å². The fourth-order valence-electron chi connectivity index (χ4n) is 4.44. The predicted octanol–water partition coefficient (Wildman–Crippen LogP) is 3.12. The SMILES string of the molecule is O=C(NCC1CC(=O)N(Cc2ccccc2)C1)c1nnn(Cc2cccc(F)c2)c1C1CC1. The fraction of sp³-hybridized carbons (Fsp3) is 0.360. The van der Waals surface area contributed by atoms with Crippen molar-refractivity contribution in [3.05, 3.63) is 82.9 Å². The summed E-state index contributed by atoms with van der Waals surface area (Å²) in [4.78, 5) is 27.2. The summed E-state index contributed by atoms with van der Waals surface area (Å²) in [6, 6.07) is 16.3. The molecule has 2 aliphatic rings. The second-order valence-corrected chi connectivity index (χ2v) is 8.93. The van der Waals surface area contributed by atoms with Gasteiger partial charge in [0.2, 0.25) is 5.91 Å². The Hall–Kier alpha value is -3.55. The number of halogens is 1. The number of hydrogen-bond acceptors (Lipinski definition) is 4. The number of nitrogens with one attached hydrogen (secondary N) is 1. The van der Waals surface area contributed by atoms with Gasteiger partial charge in [0, 0.05) is 37.9 Å². The van der Waals surface area contributed by atoms with Crippen LogP contribution in [0.4, 0.5) is 4.39 Å². The van der Waals surface area contributed by atoms with E-state index >= 15 is 0 Å². The van der Waals surface area contributed by atoms with Gasteiger partial charge in [0.1, 0.15) is 5.82 Å². The number of amides is 2. The van der Waals surface area contributed by atoms with Gasteiger partial charge in [0.15, 0.2) is 5.69 Å². The third-order valence-corrected chi connectivity index (χ3v) is 6.24. The number of benzene rings is 2. The zero-order chi connectivity index (χ0) is 22.8. The van der Waals surface area contributed by atoms with E-state index in [1.165, 1.54) is 12.1 Å². The lowest BCUT2D eigenvalue weighted by Crippen LogP contribution is -2.32. The Morgan fingerprint density at radius 2 is 1.85 bits per heavy atom. The lowest BCUT2D eigenvalue weighted by molar-refractivity contribution is -0.128. The highest BCUT2D eigenvalue weighted by Crippen LogP contribution is 2.41. The largest absolute Gasteiger partial charge is 0.350 e. The average molecular weight is 448 g/mol. The molecule has 0 radical (unpaired) electrons. The number of carbonyl (C=O) groups excluding carboxylic acids is 2. The molecule has 1 aliphatic carbocycles. The highest BCUT2D eigenvalue weighted by atomic mass is 19.1. The monoisotopic (exact) mass is 447 g/mol. The number of likely N-dealkylation sites (tertiary alicyclic amines) is 1. The number of nitrogens with zero attached hydrogens (tertiary/aromatic N) is 4. The van der Waals surface area contributed by atoms with Gasteiger partial charge in [-0.3, -0.25) is 9.59 Å². The molecule has 7 nitrogen and oxygen atoms in total. The molecule has 170 valence electrons. The van der Waals surface area contributed by atoms with Crippen LogP contribution in [0.3, 0.4) is 0 Å². The van der Waals surface area contributed by atoms with E-state index in [0.717, 1.165) is 29.7 Å². The Morgan fingerprint density at radius 1 is 1.06 bits per heavy atom. The lowest BCUT2D eigenvalue weighted by atomic mass is 10.1. The van der Waals surface area contributed by atoms with Crippen molar-refractivity contribution in [2.75, 3.05) is 13.1 Å². The van der Waals surface area contributed by atoms with Crippen molar-refractivity contribution in [2.45, 2.75) is 38.3 Å². The van der Waals surface area contributed by atoms with Crippen LogP contribution in [-0.4, -0.2) is 44.8 Å². The molecule has 2 fully saturated rings. The zero-order valence-electron chi connectivity index (χ0n) is 18.3. The van der Waals surface area contributed by atoms with Crippen LogP contribution >= 0.6 is 0 Å². The summed E-state index contributed by atoms with van der Waals surface area (Å²) in [5.74, 6) is -0.138. The lowest BCUT2D eigenvalue weighted by Gasteiger charge is -2.17. The number of hydrogen-bond donors (Lipinski definition) is 1. The molecule has 1 aromatic heterocycles. The molecule has 1 unspecified atom stereocenters. The van der Waals surface area contributed by atoms with Crippen LogP contribution in [-0.2, 0) is 17.9 Å². The first kappa shape index (κ1) is 21.3. The summed E-state index contributed by atoms with van der Waals surface area (Å²) in [5, 5.41) is 11.3. The molecule has 0 spiro atoms. The Balaban J connectivity index is 1.21. The minimum absolute atomic E-state index is 0.0666. The van der Waals surface area contributed by atoms with Crippen LogP contribution < -0.4 is 5.32 Å².